The lowest BCUT2D eigenvalue weighted by atomic mass is 9.81. The first-order valence-electron chi connectivity index (χ1n) is 4.72. The third kappa shape index (κ3) is 1.52. The highest BCUT2D eigenvalue weighted by molar-refractivity contribution is 5.93. The van der Waals surface area contributed by atoms with Gasteiger partial charge in [-0.15, -0.1) is 0 Å². The Bertz CT molecular complexity index is 214. The van der Waals surface area contributed by atoms with E-state index in [9.17, 15) is 4.79 Å². The minimum Gasteiger partial charge on any atom is -0.490 e. The van der Waals surface area contributed by atoms with Gasteiger partial charge in [0, 0.05) is 12.8 Å². The van der Waals surface area contributed by atoms with Crippen LogP contribution < -0.4 is 0 Å². The van der Waals surface area contributed by atoms with E-state index in [1.165, 1.54) is 19.3 Å². The molecule has 0 spiro atoms. The lowest BCUT2D eigenvalue weighted by molar-refractivity contribution is -0.119. The zero-order chi connectivity index (χ0) is 8.39. The summed E-state index contributed by atoms with van der Waals surface area (Å²) in [6.07, 6.45) is 7.31. The number of ketones is 1. The third-order valence-corrected chi connectivity index (χ3v) is 2.68. The maximum absolute atomic E-state index is 11.5. The molecule has 0 unspecified atom stereocenters. The molecular formula is C10H14O2. The first kappa shape index (κ1) is 7.84. The summed E-state index contributed by atoms with van der Waals surface area (Å²) in [5.74, 6) is 1.50. The van der Waals surface area contributed by atoms with Crippen LogP contribution in [0.15, 0.2) is 11.8 Å². The summed E-state index contributed by atoms with van der Waals surface area (Å²) in [6, 6.07) is 0. The Morgan fingerprint density at radius 2 is 2.42 bits per heavy atom. The second kappa shape index (κ2) is 3.30. The molecule has 1 aliphatic heterocycles. The number of Topliss-reactive ketones (excluding diaryl/α,β-unsaturated/α-hetero) is 1. The molecule has 0 N–H and O–H groups in total. The van der Waals surface area contributed by atoms with Crippen molar-refractivity contribution in [2.75, 3.05) is 6.61 Å². The molecule has 0 bridgehead atoms. The molecule has 0 aromatic heterocycles. The number of allylic oxidation sites excluding steroid dienone is 1. The van der Waals surface area contributed by atoms with E-state index in [4.69, 9.17) is 4.74 Å². The Morgan fingerprint density at radius 1 is 1.58 bits per heavy atom. The second-order valence-electron chi connectivity index (χ2n) is 3.63. The quantitative estimate of drug-likeness (QED) is 0.641. The van der Waals surface area contributed by atoms with Crippen LogP contribution in [0.25, 0.3) is 0 Å². The predicted octanol–water partition coefficient (Wildman–Crippen LogP) is 2.05. The van der Waals surface area contributed by atoms with Crippen LogP contribution in [0.2, 0.25) is 0 Å². The summed E-state index contributed by atoms with van der Waals surface area (Å²) in [6.45, 7) is 0.700. The molecule has 0 aromatic rings. The lowest BCUT2D eigenvalue weighted by Crippen LogP contribution is -2.17. The van der Waals surface area contributed by atoms with Crippen molar-refractivity contribution in [1.29, 1.82) is 0 Å². The second-order valence-corrected chi connectivity index (χ2v) is 3.63. The number of rotatable bonds is 3. The number of carbonyl (C=O) groups is 1. The van der Waals surface area contributed by atoms with Gasteiger partial charge in [0.05, 0.1) is 6.61 Å². The van der Waals surface area contributed by atoms with Gasteiger partial charge in [-0.3, -0.25) is 4.79 Å². The topological polar surface area (TPSA) is 26.3 Å². The van der Waals surface area contributed by atoms with Gasteiger partial charge in [-0.25, -0.2) is 0 Å². The summed E-state index contributed by atoms with van der Waals surface area (Å²) in [4.78, 5) is 11.5. The van der Waals surface area contributed by atoms with Gasteiger partial charge in [0.15, 0.2) is 11.5 Å². The molecule has 1 aliphatic carbocycles. The summed E-state index contributed by atoms with van der Waals surface area (Å²) < 4.78 is 5.20. The van der Waals surface area contributed by atoms with Gasteiger partial charge >= 0.3 is 0 Å². The van der Waals surface area contributed by atoms with E-state index in [0.717, 1.165) is 6.42 Å². The van der Waals surface area contributed by atoms with E-state index in [2.05, 4.69) is 0 Å². The molecule has 1 saturated carbocycles. The Labute approximate surface area is 72.6 Å². The third-order valence-electron chi connectivity index (χ3n) is 2.68. The monoisotopic (exact) mass is 166 g/mol. The van der Waals surface area contributed by atoms with Crippen LogP contribution >= 0.6 is 0 Å². The minimum atomic E-state index is 0.220. The lowest BCUT2D eigenvalue weighted by Gasteiger charge is -2.24. The molecule has 0 radical (unpaired) electrons. The first-order chi connectivity index (χ1) is 5.86. The van der Waals surface area contributed by atoms with Gasteiger partial charge in [-0.2, -0.15) is 0 Å². The molecule has 1 fully saturated rings. The summed E-state index contributed by atoms with van der Waals surface area (Å²) in [7, 11) is 0. The maximum atomic E-state index is 11.5. The van der Waals surface area contributed by atoms with Crippen molar-refractivity contribution in [3.63, 3.8) is 0 Å². The molecule has 0 saturated heterocycles. The van der Waals surface area contributed by atoms with Crippen molar-refractivity contribution in [1.82, 2.24) is 0 Å². The fourth-order valence-corrected chi connectivity index (χ4v) is 1.67. The summed E-state index contributed by atoms with van der Waals surface area (Å²) in [5, 5.41) is 0. The zero-order valence-corrected chi connectivity index (χ0v) is 7.21. The highest BCUT2D eigenvalue weighted by atomic mass is 16.5. The number of ether oxygens (including phenoxy) is 1. The van der Waals surface area contributed by atoms with E-state index in [-0.39, 0.29) is 5.78 Å². The molecular weight excluding hydrogens is 152 g/mol. The van der Waals surface area contributed by atoms with Gasteiger partial charge in [0.2, 0.25) is 0 Å². The van der Waals surface area contributed by atoms with Crippen molar-refractivity contribution in [2.45, 2.75) is 32.1 Å². The van der Waals surface area contributed by atoms with E-state index in [1.54, 1.807) is 0 Å². The molecule has 66 valence electrons. The highest BCUT2D eigenvalue weighted by Gasteiger charge is 2.24. The van der Waals surface area contributed by atoms with Crippen LogP contribution in [-0.4, -0.2) is 12.4 Å². The van der Waals surface area contributed by atoms with Gasteiger partial charge in [0.1, 0.15) is 0 Å². The first-order valence-corrected chi connectivity index (χ1v) is 4.72. The molecule has 0 atom stereocenters. The zero-order valence-electron chi connectivity index (χ0n) is 7.21. The summed E-state index contributed by atoms with van der Waals surface area (Å²) >= 11 is 0. The van der Waals surface area contributed by atoms with Crippen LogP contribution in [0.4, 0.5) is 0 Å². The van der Waals surface area contributed by atoms with Crippen molar-refractivity contribution >= 4 is 5.78 Å². The van der Waals surface area contributed by atoms with Gasteiger partial charge in [0.25, 0.3) is 0 Å². The number of carbonyl (C=O) groups excluding carboxylic acids is 1. The van der Waals surface area contributed by atoms with Gasteiger partial charge in [-0.05, 0) is 24.8 Å². The van der Waals surface area contributed by atoms with Gasteiger partial charge < -0.3 is 4.74 Å². The smallest absolute Gasteiger partial charge is 0.197 e. The molecule has 1 heterocycles. The van der Waals surface area contributed by atoms with E-state index < -0.39 is 0 Å². The Kier molecular flexibility index (Phi) is 2.15. The molecule has 2 nitrogen and oxygen atoms in total. The molecule has 0 amide bonds. The average Bonchev–Trinajstić information content (AvgIpc) is 2.47. The fourth-order valence-electron chi connectivity index (χ4n) is 1.67. The fraction of sp³-hybridized carbons (Fsp3) is 0.700. The normalized spacial score (nSPS) is 22.8. The SMILES string of the molecule is O=C(CC1CCC1)C1=CCCO1. The van der Waals surface area contributed by atoms with Crippen molar-refractivity contribution < 1.29 is 9.53 Å². The van der Waals surface area contributed by atoms with E-state index in [1.807, 2.05) is 6.08 Å². The average molecular weight is 166 g/mol. The number of hydrogen-bond acceptors (Lipinski definition) is 2. The molecule has 12 heavy (non-hydrogen) atoms. The predicted molar refractivity (Wildman–Crippen MR) is 45.6 cm³/mol. The molecule has 0 aromatic carbocycles. The van der Waals surface area contributed by atoms with Crippen molar-refractivity contribution in [3.05, 3.63) is 11.8 Å². The minimum absolute atomic E-state index is 0.220. The van der Waals surface area contributed by atoms with E-state index >= 15 is 0 Å². The van der Waals surface area contributed by atoms with Crippen LogP contribution in [0, 0.1) is 5.92 Å². The number of hydrogen-bond donors (Lipinski definition) is 0. The van der Waals surface area contributed by atoms with Crippen LogP contribution in [0.1, 0.15) is 32.1 Å². The molecule has 2 rings (SSSR count). The Hall–Kier alpha value is -0.790. The maximum Gasteiger partial charge on any atom is 0.197 e. The molecule has 2 heteroatoms. The van der Waals surface area contributed by atoms with Crippen LogP contribution in [-0.2, 0) is 9.53 Å². The van der Waals surface area contributed by atoms with Gasteiger partial charge in [-0.1, -0.05) is 6.42 Å². The summed E-state index contributed by atoms with van der Waals surface area (Å²) in [5.41, 5.74) is 0. The Balaban J connectivity index is 1.82. The largest absolute Gasteiger partial charge is 0.490 e. The highest BCUT2D eigenvalue weighted by Crippen LogP contribution is 2.30. The van der Waals surface area contributed by atoms with Crippen LogP contribution in [0.5, 0.6) is 0 Å². The van der Waals surface area contributed by atoms with Crippen molar-refractivity contribution in [3.8, 4) is 0 Å². The van der Waals surface area contributed by atoms with Crippen LogP contribution in [0.3, 0.4) is 0 Å². The standard InChI is InChI=1S/C10H14O2/c11-9(7-8-3-1-4-8)10-5-2-6-12-10/h5,8H,1-4,6-7H2. The van der Waals surface area contributed by atoms with Crippen molar-refractivity contribution in [2.24, 2.45) is 5.92 Å². The molecule has 2 aliphatic rings. The Morgan fingerprint density at radius 3 is 2.92 bits per heavy atom. The van der Waals surface area contributed by atoms with E-state index in [0.29, 0.717) is 24.7 Å².